The molecule has 3 aromatic rings. The van der Waals surface area contributed by atoms with E-state index in [2.05, 4.69) is 10.4 Å². The molecule has 1 fully saturated rings. The third-order valence-corrected chi connectivity index (χ3v) is 5.44. The van der Waals surface area contributed by atoms with Gasteiger partial charge in [0, 0.05) is 11.6 Å². The largest absolute Gasteiger partial charge is 0.325 e. The Hall–Kier alpha value is -2.60. The summed E-state index contributed by atoms with van der Waals surface area (Å²) in [6.45, 7) is 3.89. The molecule has 0 bridgehead atoms. The first-order valence-corrected chi connectivity index (χ1v) is 10.0. The van der Waals surface area contributed by atoms with Gasteiger partial charge in [-0.2, -0.15) is 0 Å². The van der Waals surface area contributed by atoms with E-state index in [9.17, 15) is 4.79 Å². The number of anilines is 1. The van der Waals surface area contributed by atoms with Gasteiger partial charge in [-0.05, 0) is 56.5 Å². The molecule has 5 nitrogen and oxygen atoms in total. The number of benzene rings is 2. The van der Waals surface area contributed by atoms with Crippen molar-refractivity contribution in [3.05, 3.63) is 66.0 Å². The van der Waals surface area contributed by atoms with Crippen molar-refractivity contribution in [1.82, 2.24) is 14.8 Å². The van der Waals surface area contributed by atoms with Gasteiger partial charge < -0.3 is 5.32 Å². The average Bonchev–Trinajstić information content (AvgIpc) is 3.43. The monoisotopic (exact) mass is 378 g/mol. The molecule has 1 aromatic heterocycles. The lowest BCUT2D eigenvalue weighted by atomic mass is 10.2. The maximum Gasteiger partial charge on any atom is 0.237 e. The quantitative estimate of drug-likeness (QED) is 0.638. The Labute approximate surface area is 163 Å². The smallest absolute Gasteiger partial charge is 0.237 e. The number of aromatic nitrogens is 3. The van der Waals surface area contributed by atoms with Crippen LogP contribution in [0.15, 0.2) is 59.8 Å². The van der Waals surface area contributed by atoms with Crippen molar-refractivity contribution in [2.45, 2.75) is 43.0 Å². The van der Waals surface area contributed by atoms with Crippen LogP contribution in [0.25, 0.3) is 5.69 Å². The van der Waals surface area contributed by atoms with Crippen molar-refractivity contribution >= 4 is 23.4 Å². The molecule has 1 amide bonds. The summed E-state index contributed by atoms with van der Waals surface area (Å²) < 4.78 is 1.92. The Morgan fingerprint density at radius 1 is 1.19 bits per heavy atom. The van der Waals surface area contributed by atoms with E-state index in [1.165, 1.54) is 11.8 Å². The molecule has 0 spiro atoms. The number of nitrogens with one attached hydrogen (secondary N) is 1. The van der Waals surface area contributed by atoms with Gasteiger partial charge in [-0.15, -0.1) is 5.10 Å². The van der Waals surface area contributed by atoms with Crippen molar-refractivity contribution in [1.29, 1.82) is 0 Å². The topological polar surface area (TPSA) is 59.8 Å². The van der Waals surface area contributed by atoms with Crippen molar-refractivity contribution < 1.29 is 4.79 Å². The van der Waals surface area contributed by atoms with E-state index in [4.69, 9.17) is 4.98 Å². The Balaban J connectivity index is 1.49. The molecule has 0 unspecified atom stereocenters. The van der Waals surface area contributed by atoms with Gasteiger partial charge in [-0.3, -0.25) is 4.79 Å². The van der Waals surface area contributed by atoms with Gasteiger partial charge in [0.2, 0.25) is 11.1 Å². The number of nitrogens with zero attached hydrogens (tertiary/aromatic N) is 3. The van der Waals surface area contributed by atoms with Crippen LogP contribution in [0.2, 0.25) is 0 Å². The summed E-state index contributed by atoms with van der Waals surface area (Å²) in [5, 5.41) is 8.00. The molecule has 1 saturated carbocycles. The van der Waals surface area contributed by atoms with Crippen molar-refractivity contribution in [2.24, 2.45) is 0 Å². The summed E-state index contributed by atoms with van der Waals surface area (Å²) in [6, 6.07) is 17.9. The van der Waals surface area contributed by atoms with E-state index in [-0.39, 0.29) is 11.2 Å². The second kappa shape index (κ2) is 7.56. The van der Waals surface area contributed by atoms with Gasteiger partial charge in [0.1, 0.15) is 5.82 Å². The SMILES string of the molecule is Cc1cccc(NC(=O)[C@H](C)Sc2nc(C3CC3)n(-c3ccccc3)n2)c1. The normalized spacial score (nSPS) is 14.7. The van der Waals surface area contributed by atoms with Crippen LogP contribution in [-0.4, -0.2) is 25.9 Å². The zero-order valence-electron chi connectivity index (χ0n) is 15.4. The van der Waals surface area contributed by atoms with Crippen LogP contribution in [0.3, 0.4) is 0 Å². The van der Waals surface area contributed by atoms with E-state index in [1.807, 2.05) is 73.1 Å². The number of amides is 1. The predicted molar refractivity (Wildman–Crippen MR) is 108 cm³/mol. The van der Waals surface area contributed by atoms with Crippen LogP contribution >= 0.6 is 11.8 Å². The molecule has 2 aromatic carbocycles. The summed E-state index contributed by atoms with van der Waals surface area (Å²) >= 11 is 1.39. The number of aryl methyl sites for hydroxylation is 1. The zero-order valence-corrected chi connectivity index (χ0v) is 16.2. The fourth-order valence-corrected chi connectivity index (χ4v) is 3.65. The maximum atomic E-state index is 12.5. The molecule has 1 N–H and O–H groups in total. The lowest BCUT2D eigenvalue weighted by molar-refractivity contribution is -0.115. The second-order valence-corrected chi connectivity index (χ2v) is 8.20. The number of thioether (sulfide) groups is 1. The van der Waals surface area contributed by atoms with E-state index in [1.54, 1.807) is 0 Å². The fraction of sp³-hybridized carbons (Fsp3) is 0.286. The Morgan fingerprint density at radius 3 is 2.67 bits per heavy atom. The highest BCUT2D eigenvalue weighted by Crippen LogP contribution is 2.40. The molecule has 138 valence electrons. The van der Waals surface area contributed by atoms with E-state index >= 15 is 0 Å². The summed E-state index contributed by atoms with van der Waals surface area (Å²) in [7, 11) is 0. The lowest BCUT2D eigenvalue weighted by Crippen LogP contribution is -2.22. The molecular weight excluding hydrogens is 356 g/mol. The first-order chi connectivity index (χ1) is 13.1. The molecule has 0 radical (unpaired) electrons. The molecule has 6 heteroatoms. The minimum atomic E-state index is -0.288. The zero-order chi connectivity index (χ0) is 18.8. The number of rotatable bonds is 6. The Bertz CT molecular complexity index is 950. The van der Waals surface area contributed by atoms with Gasteiger partial charge in [-0.25, -0.2) is 9.67 Å². The van der Waals surface area contributed by atoms with Crippen LogP contribution in [-0.2, 0) is 4.79 Å². The van der Waals surface area contributed by atoms with Gasteiger partial charge in [0.05, 0.1) is 10.9 Å². The number of carbonyl (C=O) groups excluding carboxylic acids is 1. The molecule has 4 rings (SSSR count). The van der Waals surface area contributed by atoms with Crippen LogP contribution in [0.4, 0.5) is 5.69 Å². The molecule has 1 aliphatic carbocycles. The highest BCUT2D eigenvalue weighted by Gasteiger charge is 2.31. The minimum Gasteiger partial charge on any atom is -0.325 e. The number of para-hydroxylation sites is 1. The first kappa shape index (κ1) is 17.8. The number of carbonyl (C=O) groups is 1. The summed E-state index contributed by atoms with van der Waals surface area (Å²) in [5.41, 5.74) is 2.94. The van der Waals surface area contributed by atoms with E-state index < -0.39 is 0 Å². The Morgan fingerprint density at radius 2 is 1.96 bits per heavy atom. The highest BCUT2D eigenvalue weighted by atomic mass is 32.2. The molecule has 1 heterocycles. The van der Waals surface area contributed by atoms with Crippen molar-refractivity contribution in [3.8, 4) is 5.69 Å². The average molecular weight is 379 g/mol. The van der Waals surface area contributed by atoms with Crippen LogP contribution in [0.5, 0.6) is 0 Å². The molecule has 1 aliphatic rings. The summed E-state index contributed by atoms with van der Waals surface area (Å²) in [4.78, 5) is 17.3. The Kier molecular flexibility index (Phi) is 4.99. The van der Waals surface area contributed by atoms with Gasteiger partial charge >= 0.3 is 0 Å². The minimum absolute atomic E-state index is 0.0466. The van der Waals surface area contributed by atoms with Crippen molar-refractivity contribution in [3.63, 3.8) is 0 Å². The molecule has 0 aliphatic heterocycles. The highest BCUT2D eigenvalue weighted by molar-refractivity contribution is 8.00. The van der Waals surface area contributed by atoms with E-state index in [0.717, 1.165) is 35.6 Å². The van der Waals surface area contributed by atoms with Crippen LogP contribution in [0, 0.1) is 6.92 Å². The lowest BCUT2D eigenvalue weighted by Gasteiger charge is -2.10. The molecular formula is C21H22N4OS. The summed E-state index contributed by atoms with van der Waals surface area (Å²) in [5.74, 6) is 1.42. The van der Waals surface area contributed by atoms with Gasteiger partial charge in [0.15, 0.2) is 0 Å². The standard InChI is InChI=1S/C21H22N4OS/c1-14-7-6-8-17(13-14)22-20(26)15(2)27-21-23-19(16-11-12-16)25(24-21)18-9-4-3-5-10-18/h3-10,13,15-16H,11-12H2,1-2H3,(H,22,26)/t15-/m0/s1. The maximum absolute atomic E-state index is 12.5. The third-order valence-electron chi connectivity index (χ3n) is 4.49. The third kappa shape index (κ3) is 4.22. The first-order valence-electron chi connectivity index (χ1n) is 9.17. The molecule has 0 saturated heterocycles. The second-order valence-electron chi connectivity index (χ2n) is 6.89. The number of hydrogen-bond donors (Lipinski definition) is 1. The van der Waals surface area contributed by atoms with Crippen LogP contribution in [0.1, 0.15) is 37.1 Å². The molecule has 1 atom stereocenters. The van der Waals surface area contributed by atoms with Crippen molar-refractivity contribution in [2.75, 3.05) is 5.32 Å². The van der Waals surface area contributed by atoms with E-state index in [0.29, 0.717) is 11.1 Å². The number of hydrogen-bond acceptors (Lipinski definition) is 4. The van der Waals surface area contributed by atoms with Crippen LogP contribution < -0.4 is 5.32 Å². The predicted octanol–water partition coefficient (Wildman–Crippen LogP) is 4.57. The fourth-order valence-electron chi connectivity index (χ4n) is 2.90. The van der Waals surface area contributed by atoms with Gasteiger partial charge in [-0.1, -0.05) is 42.1 Å². The van der Waals surface area contributed by atoms with Gasteiger partial charge in [0.25, 0.3) is 0 Å². The molecule has 27 heavy (non-hydrogen) atoms. The summed E-state index contributed by atoms with van der Waals surface area (Å²) in [6.07, 6.45) is 2.30.